The summed E-state index contributed by atoms with van der Waals surface area (Å²) in [5, 5.41) is 9.14. The van der Waals surface area contributed by atoms with Crippen molar-refractivity contribution in [1.82, 2.24) is 0 Å². The van der Waals surface area contributed by atoms with E-state index in [2.05, 4.69) is 22.9 Å². The van der Waals surface area contributed by atoms with Crippen LogP contribution in [0.3, 0.4) is 0 Å². The summed E-state index contributed by atoms with van der Waals surface area (Å²) in [5.74, 6) is 2.23. The molecule has 2 saturated carbocycles. The van der Waals surface area contributed by atoms with Crippen LogP contribution in [-0.2, 0) is 0 Å². The first-order valence-electron chi connectivity index (χ1n) is 5.60. The van der Waals surface area contributed by atoms with Crippen LogP contribution in [0.15, 0.2) is 9.85 Å². The molecule has 2 fully saturated rings. The molecule has 0 amide bonds. The SMILES string of the molecule is CC1CC1C1CC1c1cc(Br)sc1C(=O)O. The number of carbonyl (C=O) groups is 1. The highest BCUT2D eigenvalue weighted by atomic mass is 79.9. The van der Waals surface area contributed by atoms with Crippen LogP contribution in [0.1, 0.15) is 40.9 Å². The molecule has 1 N–H and O–H groups in total. The van der Waals surface area contributed by atoms with Gasteiger partial charge in [-0.15, -0.1) is 11.3 Å². The normalized spacial score (nSPS) is 36.1. The zero-order chi connectivity index (χ0) is 11.4. The third-order valence-electron chi connectivity index (χ3n) is 3.89. The van der Waals surface area contributed by atoms with Gasteiger partial charge in [-0.25, -0.2) is 4.79 Å². The first-order chi connectivity index (χ1) is 7.58. The van der Waals surface area contributed by atoms with Crippen molar-refractivity contribution in [2.45, 2.75) is 25.7 Å². The predicted octanol–water partition coefficient (Wildman–Crippen LogP) is 3.97. The molecule has 86 valence electrons. The molecule has 1 heterocycles. The Kier molecular flexibility index (Phi) is 2.41. The molecule has 0 aromatic carbocycles. The van der Waals surface area contributed by atoms with Crippen LogP contribution in [0.4, 0.5) is 0 Å². The van der Waals surface area contributed by atoms with Gasteiger partial charge in [-0.1, -0.05) is 6.92 Å². The quantitative estimate of drug-likeness (QED) is 0.917. The Hall–Kier alpha value is -0.350. The molecule has 2 nitrogen and oxygen atoms in total. The molecule has 1 aromatic rings. The molecule has 16 heavy (non-hydrogen) atoms. The van der Waals surface area contributed by atoms with Gasteiger partial charge in [0.25, 0.3) is 0 Å². The predicted molar refractivity (Wildman–Crippen MR) is 67.1 cm³/mol. The van der Waals surface area contributed by atoms with Gasteiger partial charge in [0.15, 0.2) is 0 Å². The van der Waals surface area contributed by atoms with Gasteiger partial charge in [-0.3, -0.25) is 0 Å². The third kappa shape index (κ3) is 1.72. The largest absolute Gasteiger partial charge is 0.477 e. The van der Waals surface area contributed by atoms with E-state index in [1.165, 1.54) is 24.2 Å². The van der Waals surface area contributed by atoms with Gasteiger partial charge >= 0.3 is 5.97 Å². The molecule has 0 saturated heterocycles. The number of halogens is 1. The van der Waals surface area contributed by atoms with Gasteiger partial charge in [-0.05, 0) is 64.1 Å². The Labute approximate surface area is 107 Å². The average molecular weight is 301 g/mol. The molecule has 4 atom stereocenters. The van der Waals surface area contributed by atoms with Gasteiger partial charge < -0.3 is 5.11 Å². The van der Waals surface area contributed by atoms with Crippen LogP contribution in [0.2, 0.25) is 0 Å². The molecule has 2 aliphatic rings. The number of carboxylic acid groups (broad SMARTS) is 1. The zero-order valence-corrected chi connectivity index (χ0v) is 11.3. The zero-order valence-electron chi connectivity index (χ0n) is 8.94. The first kappa shape index (κ1) is 10.8. The fourth-order valence-corrected chi connectivity index (χ4v) is 4.34. The van der Waals surface area contributed by atoms with Crippen molar-refractivity contribution in [1.29, 1.82) is 0 Å². The van der Waals surface area contributed by atoms with E-state index in [9.17, 15) is 4.79 Å². The smallest absolute Gasteiger partial charge is 0.346 e. The van der Waals surface area contributed by atoms with E-state index in [0.717, 1.165) is 27.1 Å². The summed E-state index contributed by atoms with van der Waals surface area (Å²) in [6, 6.07) is 2.01. The standard InChI is InChI=1S/C12H13BrO2S/c1-5-2-6(5)7-3-8(7)9-4-10(13)16-11(9)12(14)15/h4-8H,2-3H2,1H3,(H,14,15). The molecular weight excluding hydrogens is 288 g/mol. The van der Waals surface area contributed by atoms with E-state index in [-0.39, 0.29) is 0 Å². The lowest BCUT2D eigenvalue weighted by Gasteiger charge is -1.98. The molecule has 4 unspecified atom stereocenters. The number of hydrogen-bond acceptors (Lipinski definition) is 2. The summed E-state index contributed by atoms with van der Waals surface area (Å²) >= 11 is 4.73. The molecule has 0 spiro atoms. The van der Waals surface area contributed by atoms with E-state index in [1.54, 1.807) is 0 Å². The van der Waals surface area contributed by atoms with Crippen LogP contribution >= 0.6 is 27.3 Å². The van der Waals surface area contributed by atoms with Crippen LogP contribution in [-0.4, -0.2) is 11.1 Å². The van der Waals surface area contributed by atoms with Gasteiger partial charge in [0.05, 0.1) is 3.79 Å². The van der Waals surface area contributed by atoms with Gasteiger partial charge in [0.1, 0.15) is 4.88 Å². The van der Waals surface area contributed by atoms with E-state index < -0.39 is 5.97 Å². The van der Waals surface area contributed by atoms with Gasteiger partial charge in [0, 0.05) is 0 Å². The lowest BCUT2D eigenvalue weighted by atomic mass is 10.1. The third-order valence-corrected chi connectivity index (χ3v) is 5.53. The molecule has 3 rings (SSSR count). The summed E-state index contributed by atoms with van der Waals surface area (Å²) in [6.07, 6.45) is 2.54. The minimum atomic E-state index is -0.778. The van der Waals surface area contributed by atoms with Crippen molar-refractivity contribution in [2.75, 3.05) is 0 Å². The maximum absolute atomic E-state index is 11.1. The first-order valence-corrected chi connectivity index (χ1v) is 7.21. The van der Waals surface area contributed by atoms with Crippen molar-refractivity contribution in [2.24, 2.45) is 17.8 Å². The summed E-state index contributed by atoms with van der Waals surface area (Å²) in [5.41, 5.74) is 1.06. The van der Waals surface area contributed by atoms with Gasteiger partial charge in [0.2, 0.25) is 0 Å². The second kappa shape index (κ2) is 3.57. The van der Waals surface area contributed by atoms with E-state index in [4.69, 9.17) is 5.11 Å². The van der Waals surface area contributed by atoms with E-state index in [0.29, 0.717) is 10.8 Å². The topological polar surface area (TPSA) is 37.3 Å². The molecule has 2 aliphatic carbocycles. The molecule has 4 heteroatoms. The Morgan fingerprint density at radius 2 is 2.19 bits per heavy atom. The Balaban J connectivity index is 1.82. The highest BCUT2D eigenvalue weighted by Crippen LogP contribution is 2.62. The summed E-state index contributed by atoms with van der Waals surface area (Å²) in [4.78, 5) is 11.6. The van der Waals surface area contributed by atoms with Crippen LogP contribution in [0.25, 0.3) is 0 Å². The summed E-state index contributed by atoms with van der Waals surface area (Å²) in [7, 11) is 0. The van der Waals surface area contributed by atoms with E-state index in [1.807, 2.05) is 6.07 Å². The monoisotopic (exact) mass is 300 g/mol. The van der Waals surface area contributed by atoms with Gasteiger partial charge in [-0.2, -0.15) is 0 Å². The highest BCUT2D eigenvalue weighted by Gasteiger charge is 2.53. The summed E-state index contributed by atoms with van der Waals surface area (Å²) < 4.78 is 0.939. The van der Waals surface area contributed by atoms with Crippen molar-refractivity contribution >= 4 is 33.2 Å². The molecule has 0 radical (unpaired) electrons. The Morgan fingerprint density at radius 3 is 2.75 bits per heavy atom. The average Bonchev–Trinajstić information content (AvgIpc) is 3.07. The fourth-order valence-electron chi connectivity index (χ4n) is 2.81. The molecule has 1 aromatic heterocycles. The minimum Gasteiger partial charge on any atom is -0.477 e. The van der Waals surface area contributed by atoms with Crippen LogP contribution in [0.5, 0.6) is 0 Å². The highest BCUT2D eigenvalue weighted by molar-refractivity contribution is 9.11. The molecule has 0 aliphatic heterocycles. The number of carboxylic acids is 1. The lowest BCUT2D eigenvalue weighted by molar-refractivity contribution is 0.0701. The number of thiophene rings is 1. The van der Waals surface area contributed by atoms with Crippen molar-refractivity contribution in [3.63, 3.8) is 0 Å². The second-order valence-corrected chi connectivity index (χ2v) is 7.45. The number of aromatic carboxylic acids is 1. The Morgan fingerprint density at radius 1 is 1.50 bits per heavy atom. The fraction of sp³-hybridized carbons (Fsp3) is 0.583. The number of hydrogen-bond donors (Lipinski definition) is 1. The summed E-state index contributed by atoms with van der Waals surface area (Å²) in [6.45, 7) is 2.29. The van der Waals surface area contributed by atoms with Crippen LogP contribution in [0, 0.1) is 17.8 Å². The Bertz CT molecular complexity index is 454. The van der Waals surface area contributed by atoms with Crippen molar-refractivity contribution in [3.8, 4) is 0 Å². The van der Waals surface area contributed by atoms with Crippen molar-refractivity contribution in [3.05, 3.63) is 20.3 Å². The second-order valence-electron chi connectivity index (χ2n) is 5.02. The minimum absolute atomic E-state index is 0.517. The maximum Gasteiger partial charge on any atom is 0.346 e. The number of rotatable bonds is 3. The molecule has 0 bridgehead atoms. The maximum atomic E-state index is 11.1. The lowest BCUT2D eigenvalue weighted by Crippen LogP contribution is -1.97. The van der Waals surface area contributed by atoms with Crippen molar-refractivity contribution < 1.29 is 9.90 Å². The van der Waals surface area contributed by atoms with Crippen LogP contribution < -0.4 is 0 Å². The van der Waals surface area contributed by atoms with E-state index >= 15 is 0 Å². The molecular formula is C12H13BrO2S.